The van der Waals surface area contributed by atoms with Gasteiger partial charge in [0.25, 0.3) is 0 Å². The molecular weight excluding hydrogens is 411 g/mol. The molecule has 9 heteroatoms. The minimum atomic E-state index is -3.76. The summed E-state index contributed by atoms with van der Waals surface area (Å²) in [5.41, 5.74) is 2.44. The van der Waals surface area contributed by atoms with Gasteiger partial charge in [0.2, 0.25) is 10.0 Å². The van der Waals surface area contributed by atoms with Crippen LogP contribution in [0, 0.1) is 0 Å². The van der Waals surface area contributed by atoms with Gasteiger partial charge in [-0.25, -0.2) is 17.9 Å². The van der Waals surface area contributed by atoms with Crippen molar-refractivity contribution in [2.24, 2.45) is 0 Å². The van der Waals surface area contributed by atoms with Gasteiger partial charge in [-0.3, -0.25) is 0 Å². The van der Waals surface area contributed by atoms with Crippen molar-refractivity contribution in [1.29, 1.82) is 0 Å². The number of fused-ring (bicyclic) bond motifs is 1. The Kier molecular flexibility index (Phi) is 7.25. The molecule has 0 spiro atoms. The lowest BCUT2D eigenvalue weighted by atomic mass is 9.95. The molecule has 0 saturated carbocycles. The van der Waals surface area contributed by atoms with Gasteiger partial charge < -0.3 is 10.1 Å². The van der Waals surface area contributed by atoms with E-state index >= 15 is 0 Å². The SMILES string of the molecule is COC(=O)c1ccc(S(=O)(=O)NCC2NCCc3ccccc32)cc1Cl.Cl. The summed E-state index contributed by atoms with van der Waals surface area (Å²) in [5.74, 6) is -0.616. The predicted octanol–water partition coefficient (Wildman–Crippen LogP) is 2.71. The highest BCUT2D eigenvalue weighted by Crippen LogP contribution is 2.24. The maximum absolute atomic E-state index is 12.6. The second-order valence-corrected chi connectivity index (χ2v) is 8.11. The number of ether oxygens (including phenoxy) is 1. The Bertz CT molecular complexity index is 935. The Morgan fingerprint density at radius 2 is 2.04 bits per heavy atom. The maximum Gasteiger partial charge on any atom is 0.339 e. The van der Waals surface area contributed by atoms with Gasteiger partial charge >= 0.3 is 5.97 Å². The van der Waals surface area contributed by atoms with Gasteiger partial charge in [0, 0.05) is 12.6 Å². The summed E-state index contributed by atoms with van der Waals surface area (Å²) in [6, 6.07) is 11.8. The second kappa shape index (κ2) is 9.03. The molecule has 2 aromatic rings. The zero-order valence-electron chi connectivity index (χ0n) is 14.6. The van der Waals surface area contributed by atoms with Crippen LogP contribution in [0.1, 0.15) is 27.5 Å². The minimum absolute atomic E-state index is 0. The van der Waals surface area contributed by atoms with Gasteiger partial charge in [0.15, 0.2) is 0 Å². The molecule has 0 radical (unpaired) electrons. The van der Waals surface area contributed by atoms with Crippen LogP contribution in [0.4, 0.5) is 0 Å². The van der Waals surface area contributed by atoms with E-state index in [1.54, 1.807) is 0 Å². The number of sulfonamides is 1. The maximum atomic E-state index is 12.6. The molecule has 27 heavy (non-hydrogen) atoms. The van der Waals surface area contributed by atoms with Crippen LogP contribution in [-0.2, 0) is 21.2 Å². The van der Waals surface area contributed by atoms with Crippen LogP contribution >= 0.6 is 24.0 Å². The lowest BCUT2D eigenvalue weighted by molar-refractivity contribution is 0.0601. The Hall–Kier alpha value is -1.64. The molecule has 1 atom stereocenters. The van der Waals surface area contributed by atoms with E-state index in [-0.39, 0.29) is 40.5 Å². The first-order chi connectivity index (χ1) is 12.4. The van der Waals surface area contributed by atoms with E-state index in [0.29, 0.717) is 0 Å². The fourth-order valence-corrected chi connectivity index (χ4v) is 4.39. The molecule has 1 unspecified atom stereocenters. The number of nitrogens with one attached hydrogen (secondary N) is 2. The smallest absolute Gasteiger partial charge is 0.339 e. The van der Waals surface area contributed by atoms with E-state index in [2.05, 4.69) is 20.8 Å². The van der Waals surface area contributed by atoms with Crippen LogP contribution in [0.2, 0.25) is 5.02 Å². The first-order valence-corrected chi connectivity index (χ1v) is 9.97. The molecule has 1 heterocycles. The molecule has 1 aliphatic heterocycles. The molecule has 1 aliphatic rings. The van der Waals surface area contributed by atoms with Gasteiger partial charge in [-0.1, -0.05) is 35.9 Å². The fraction of sp³-hybridized carbons (Fsp3) is 0.278. The van der Waals surface area contributed by atoms with Gasteiger partial charge in [0.1, 0.15) is 0 Å². The summed E-state index contributed by atoms with van der Waals surface area (Å²) in [6.07, 6.45) is 0.921. The first kappa shape index (κ1) is 21.7. The molecule has 0 amide bonds. The van der Waals surface area contributed by atoms with Crippen LogP contribution < -0.4 is 10.0 Å². The van der Waals surface area contributed by atoms with E-state index < -0.39 is 16.0 Å². The highest BCUT2D eigenvalue weighted by Gasteiger charge is 2.23. The van der Waals surface area contributed by atoms with Crippen molar-refractivity contribution in [2.75, 3.05) is 20.2 Å². The van der Waals surface area contributed by atoms with E-state index in [1.807, 2.05) is 18.2 Å². The Balaban J connectivity index is 0.00000261. The molecule has 0 aliphatic carbocycles. The lowest BCUT2D eigenvalue weighted by Gasteiger charge is -2.27. The van der Waals surface area contributed by atoms with E-state index in [0.717, 1.165) is 18.5 Å². The number of halogens is 2. The van der Waals surface area contributed by atoms with Crippen molar-refractivity contribution in [3.8, 4) is 0 Å². The summed E-state index contributed by atoms with van der Waals surface area (Å²) in [4.78, 5) is 11.6. The Morgan fingerprint density at radius 3 is 2.74 bits per heavy atom. The van der Waals surface area contributed by atoms with Crippen LogP contribution in [0.15, 0.2) is 47.4 Å². The highest BCUT2D eigenvalue weighted by molar-refractivity contribution is 7.89. The number of carbonyl (C=O) groups is 1. The van der Waals surface area contributed by atoms with E-state index in [9.17, 15) is 13.2 Å². The van der Waals surface area contributed by atoms with E-state index in [1.165, 1.54) is 30.9 Å². The largest absolute Gasteiger partial charge is 0.465 e. The summed E-state index contributed by atoms with van der Waals surface area (Å²) in [6.45, 7) is 1.01. The fourth-order valence-electron chi connectivity index (χ4n) is 2.99. The van der Waals surface area contributed by atoms with Crippen molar-refractivity contribution in [2.45, 2.75) is 17.4 Å². The number of methoxy groups -OCH3 is 1. The molecular formula is C18H20Cl2N2O4S. The third-order valence-electron chi connectivity index (χ3n) is 4.35. The van der Waals surface area contributed by atoms with Crippen molar-refractivity contribution < 1.29 is 17.9 Å². The van der Waals surface area contributed by atoms with Crippen LogP contribution in [0.25, 0.3) is 0 Å². The predicted molar refractivity (Wildman–Crippen MR) is 106 cm³/mol. The quantitative estimate of drug-likeness (QED) is 0.712. The van der Waals surface area contributed by atoms with Crippen LogP contribution in [-0.4, -0.2) is 34.6 Å². The number of rotatable bonds is 5. The number of hydrogen-bond donors (Lipinski definition) is 2. The van der Waals surface area contributed by atoms with Crippen molar-refractivity contribution in [1.82, 2.24) is 10.0 Å². The van der Waals surface area contributed by atoms with Crippen molar-refractivity contribution in [3.05, 3.63) is 64.2 Å². The molecule has 2 aromatic carbocycles. The monoisotopic (exact) mass is 430 g/mol. The molecule has 146 valence electrons. The van der Waals surface area contributed by atoms with Crippen molar-refractivity contribution in [3.63, 3.8) is 0 Å². The number of carbonyl (C=O) groups excluding carboxylic acids is 1. The summed E-state index contributed by atoms with van der Waals surface area (Å²) in [7, 11) is -2.52. The minimum Gasteiger partial charge on any atom is -0.465 e. The third-order valence-corrected chi connectivity index (χ3v) is 6.08. The normalized spacial score (nSPS) is 16.1. The first-order valence-electron chi connectivity index (χ1n) is 8.11. The Labute approximate surface area is 169 Å². The molecule has 0 bridgehead atoms. The zero-order valence-corrected chi connectivity index (χ0v) is 17.0. The van der Waals surface area contributed by atoms with Gasteiger partial charge in [-0.15, -0.1) is 12.4 Å². The number of hydrogen-bond acceptors (Lipinski definition) is 5. The number of benzene rings is 2. The summed E-state index contributed by atoms with van der Waals surface area (Å²) >= 11 is 6.02. The molecule has 0 fully saturated rings. The lowest BCUT2D eigenvalue weighted by Crippen LogP contribution is -2.38. The molecule has 6 nitrogen and oxygen atoms in total. The average Bonchev–Trinajstić information content (AvgIpc) is 2.65. The third kappa shape index (κ3) is 4.80. The van der Waals surface area contributed by atoms with Crippen LogP contribution in [0.5, 0.6) is 0 Å². The summed E-state index contributed by atoms with van der Waals surface area (Å²) < 4.78 is 32.4. The molecule has 0 aromatic heterocycles. The standard InChI is InChI=1S/C18H19ClN2O4S.ClH/c1-25-18(22)15-7-6-13(10-16(15)19)26(23,24)21-11-17-14-5-3-2-4-12(14)8-9-20-17;/h2-7,10,17,20-21H,8-9,11H2,1H3;1H. The number of esters is 1. The van der Waals surface area contributed by atoms with Crippen LogP contribution in [0.3, 0.4) is 0 Å². The van der Waals surface area contributed by atoms with Gasteiger partial charge in [-0.05, 0) is 42.3 Å². The molecule has 3 rings (SSSR count). The summed E-state index contributed by atoms with van der Waals surface area (Å²) in [5, 5.41) is 3.36. The Morgan fingerprint density at radius 1 is 1.30 bits per heavy atom. The second-order valence-electron chi connectivity index (χ2n) is 5.94. The van der Waals surface area contributed by atoms with Gasteiger partial charge in [0.05, 0.1) is 22.6 Å². The molecule has 2 N–H and O–H groups in total. The average molecular weight is 431 g/mol. The highest BCUT2D eigenvalue weighted by atomic mass is 35.5. The van der Waals surface area contributed by atoms with Gasteiger partial charge in [-0.2, -0.15) is 0 Å². The topological polar surface area (TPSA) is 84.5 Å². The zero-order chi connectivity index (χ0) is 18.7. The van der Waals surface area contributed by atoms with E-state index in [4.69, 9.17) is 11.6 Å². The van der Waals surface area contributed by atoms with Crippen molar-refractivity contribution >= 4 is 40.0 Å². The molecule has 0 saturated heterocycles.